The molecule has 27 heavy (non-hydrogen) atoms. The van der Waals surface area contributed by atoms with Gasteiger partial charge >= 0.3 is 0 Å². The summed E-state index contributed by atoms with van der Waals surface area (Å²) < 4.78 is 19.8. The molecule has 0 unspecified atom stereocenters. The van der Waals surface area contributed by atoms with Crippen molar-refractivity contribution in [2.75, 3.05) is 6.61 Å². The van der Waals surface area contributed by atoms with Gasteiger partial charge in [-0.25, -0.2) is 4.39 Å². The molecule has 0 spiro atoms. The average Bonchev–Trinajstić information content (AvgIpc) is 2.69. The number of nitrogens with zero attached hydrogens (tertiary/aromatic N) is 2. The van der Waals surface area contributed by atoms with E-state index in [0.717, 1.165) is 43.4 Å². The molecule has 0 radical (unpaired) electrons. The molecule has 2 rings (SSSR count). The monoisotopic (exact) mass is 372 g/mol. The van der Waals surface area contributed by atoms with Crippen molar-refractivity contribution in [1.29, 1.82) is 0 Å². The van der Waals surface area contributed by atoms with Gasteiger partial charge in [-0.2, -0.15) is 0 Å². The van der Waals surface area contributed by atoms with Gasteiger partial charge < -0.3 is 4.74 Å². The van der Waals surface area contributed by atoms with E-state index in [1.807, 2.05) is 12.3 Å². The Morgan fingerprint density at radius 3 is 2.30 bits per heavy atom. The molecule has 148 valence electrons. The highest BCUT2D eigenvalue weighted by atomic mass is 19.1. The van der Waals surface area contributed by atoms with Crippen LogP contribution in [0.15, 0.2) is 30.6 Å². The van der Waals surface area contributed by atoms with Crippen LogP contribution in [0.5, 0.6) is 5.75 Å². The number of benzene rings is 1. The van der Waals surface area contributed by atoms with Gasteiger partial charge in [-0.3, -0.25) is 9.97 Å². The molecule has 1 heterocycles. The molecule has 0 aliphatic carbocycles. The van der Waals surface area contributed by atoms with Gasteiger partial charge in [0.25, 0.3) is 0 Å². The van der Waals surface area contributed by atoms with Crippen LogP contribution in [-0.4, -0.2) is 16.6 Å². The first-order valence-electron chi connectivity index (χ1n) is 10.5. The first kappa shape index (κ1) is 21.3. The number of ether oxygens (including phenoxy) is 1. The molecule has 4 heteroatoms. The van der Waals surface area contributed by atoms with Gasteiger partial charge in [-0.1, -0.05) is 58.8 Å². The van der Waals surface area contributed by atoms with Crippen LogP contribution < -0.4 is 4.74 Å². The van der Waals surface area contributed by atoms with Crippen LogP contribution in [0.1, 0.15) is 77.3 Å². The maximum absolute atomic E-state index is 14.2. The number of hydrogen-bond acceptors (Lipinski definition) is 3. The Hall–Kier alpha value is -1.97. The Morgan fingerprint density at radius 1 is 0.852 bits per heavy atom. The van der Waals surface area contributed by atoms with E-state index in [4.69, 9.17) is 4.74 Å². The molecule has 3 nitrogen and oxygen atoms in total. The van der Waals surface area contributed by atoms with Crippen LogP contribution in [0.3, 0.4) is 0 Å². The molecule has 0 amide bonds. The third-order valence-electron chi connectivity index (χ3n) is 4.72. The highest BCUT2D eigenvalue weighted by Gasteiger charge is 2.08. The van der Waals surface area contributed by atoms with Crippen LogP contribution in [-0.2, 0) is 6.42 Å². The zero-order chi connectivity index (χ0) is 19.3. The van der Waals surface area contributed by atoms with Crippen molar-refractivity contribution in [3.8, 4) is 17.0 Å². The lowest BCUT2D eigenvalue weighted by atomic mass is 10.1. The molecular weight excluding hydrogens is 339 g/mol. The van der Waals surface area contributed by atoms with E-state index in [1.54, 1.807) is 12.3 Å². The number of unbranched alkanes of at least 4 members (excludes halogenated alkanes) is 7. The van der Waals surface area contributed by atoms with Crippen LogP contribution in [0.25, 0.3) is 11.3 Å². The average molecular weight is 373 g/mol. The third kappa shape index (κ3) is 7.66. The summed E-state index contributed by atoms with van der Waals surface area (Å²) in [5.41, 5.74) is 2.43. The maximum Gasteiger partial charge on any atom is 0.165 e. The molecule has 0 aliphatic heterocycles. The smallest absolute Gasteiger partial charge is 0.165 e. The van der Waals surface area contributed by atoms with E-state index >= 15 is 0 Å². The molecule has 2 aromatic rings. The maximum atomic E-state index is 14.2. The molecule has 0 atom stereocenters. The van der Waals surface area contributed by atoms with Gasteiger partial charge in [0.15, 0.2) is 11.6 Å². The zero-order valence-electron chi connectivity index (χ0n) is 16.8. The topological polar surface area (TPSA) is 35.0 Å². The molecule has 0 aliphatic rings. The van der Waals surface area contributed by atoms with Crippen LogP contribution >= 0.6 is 0 Å². The predicted octanol–water partition coefficient (Wildman–Crippen LogP) is 6.75. The van der Waals surface area contributed by atoms with Crippen molar-refractivity contribution in [3.63, 3.8) is 0 Å². The first-order chi connectivity index (χ1) is 13.2. The number of aryl methyl sites for hydroxylation is 1. The van der Waals surface area contributed by atoms with E-state index < -0.39 is 0 Å². The molecule has 0 saturated heterocycles. The Balaban J connectivity index is 1.84. The van der Waals surface area contributed by atoms with E-state index in [0.29, 0.717) is 18.1 Å². The fourth-order valence-electron chi connectivity index (χ4n) is 3.03. The summed E-state index contributed by atoms with van der Waals surface area (Å²) in [6.45, 7) is 4.92. The standard InChI is InChI=1S/C23H33FN2O/c1-3-5-7-8-9-10-12-20-17-26-22(18-25-20)19-13-14-23(21(24)16-19)27-15-11-6-4-2/h13-14,16-18H,3-12,15H2,1-2H3. The van der Waals surface area contributed by atoms with E-state index in [-0.39, 0.29) is 5.82 Å². The van der Waals surface area contributed by atoms with Gasteiger partial charge in [0, 0.05) is 11.8 Å². The fraction of sp³-hybridized carbons (Fsp3) is 0.565. The lowest BCUT2D eigenvalue weighted by Gasteiger charge is -2.08. The summed E-state index contributed by atoms with van der Waals surface area (Å²) in [5.74, 6) is -0.0375. The highest BCUT2D eigenvalue weighted by molar-refractivity contribution is 5.59. The van der Waals surface area contributed by atoms with Gasteiger partial charge in [0.2, 0.25) is 0 Å². The highest BCUT2D eigenvalue weighted by Crippen LogP contribution is 2.24. The largest absolute Gasteiger partial charge is 0.491 e. The van der Waals surface area contributed by atoms with Crippen molar-refractivity contribution in [1.82, 2.24) is 9.97 Å². The second-order valence-corrected chi connectivity index (χ2v) is 7.11. The van der Waals surface area contributed by atoms with Gasteiger partial charge in [-0.05, 0) is 37.5 Å². The molecule has 0 bridgehead atoms. The Labute approximate surface area is 163 Å². The molecule has 0 saturated carbocycles. The predicted molar refractivity (Wildman–Crippen MR) is 110 cm³/mol. The number of aromatic nitrogens is 2. The first-order valence-corrected chi connectivity index (χ1v) is 10.5. The Bertz CT molecular complexity index is 658. The lowest BCUT2D eigenvalue weighted by molar-refractivity contribution is 0.291. The van der Waals surface area contributed by atoms with Gasteiger partial charge in [0.1, 0.15) is 0 Å². The van der Waals surface area contributed by atoms with Gasteiger partial charge in [-0.15, -0.1) is 0 Å². The van der Waals surface area contributed by atoms with E-state index in [2.05, 4.69) is 23.8 Å². The normalized spacial score (nSPS) is 10.9. The van der Waals surface area contributed by atoms with Crippen LogP contribution in [0, 0.1) is 5.82 Å². The molecule has 1 aromatic heterocycles. The van der Waals surface area contributed by atoms with Gasteiger partial charge in [0.05, 0.1) is 24.2 Å². The summed E-state index contributed by atoms with van der Waals surface area (Å²) in [6, 6.07) is 5.00. The van der Waals surface area contributed by atoms with Crippen LogP contribution in [0.4, 0.5) is 4.39 Å². The van der Waals surface area contributed by atoms with Crippen molar-refractivity contribution in [2.45, 2.75) is 78.1 Å². The van der Waals surface area contributed by atoms with Crippen molar-refractivity contribution in [3.05, 3.63) is 42.1 Å². The Morgan fingerprint density at radius 2 is 1.59 bits per heavy atom. The van der Waals surface area contributed by atoms with E-state index in [9.17, 15) is 4.39 Å². The number of rotatable bonds is 13. The Kier molecular flexibility index (Phi) is 9.81. The number of halogens is 1. The minimum Gasteiger partial charge on any atom is -0.491 e. The quantitative estimate of drug-likeness (QED) is 0.365. The minimum absolute atomic E-state index is 0.308. The summed E-state index contributed by atoms with van der Waals surface area (Å²) >= 11 is 0. The SMILES string of the molecule is CCCCCCCCc1cnc(-c2ccc(OCCCCC)c(F)c2)cn1. The van der Waals surface area contributed by atoms with Crippen molar-refractivity contribution in [2.24, 2.45) is 0 Å². The second kappa shape index (κ2) is 12.4. The summed E-state index contributed by atoms with van der Waals surface area (Å²) in [4.78, 5) is 8.96. The lowest BCUT2D eigenvalue weighted by Crippen LogP contribution is -1.99. The molecule has 0 N–H and O–H groups in total. The summed E-state index contributed by atoms with van der Waals surface area (Å²) in [7, 11) is 0. The zero-order valence-corrected chi connectivity index (χ0v) is 16.8. The molecule has 1 aromatic carbocycles. The van der Waals surface area contributed by atoms with Crippen molar-refractivity contribution >= 4 is 0 Å². The second-order valence-electron chi connectivity index (χ2n) is 7.11. The van der Waals surface area contributed by atoms with Crippen LogP contribution in [0.2, 0.25) is 0 Å². The van der Waals surface area contributed by atoms with Crippen molar-refractivity contribution < 1.29 is 9.13 Å². The number of hydrogen-bond donors (Lipinski definition) is 0. The summed E-state index contributed by atoms with van der Waals surface area (Å²) in [5, 5.41) is 0. The molecule has 0 fully saturated rings. The molecular formula is C23H33FN2O. The van der Waals surface area contributed by atoms with E-state index in [1.165, 1.54) is 38.2 Å². The summed E-state index contributed by atoms with van der Waals surface area (Å²) in [6.07, 6.45) is 15.3. The third-order valence-corrected chi connectivity index (χ3v) is 4.72. The fourth-order valence-corrected chi connectivity index (χ4v) is 3.03. The minimum atomic E-state index is -0.345.